The second kappa shape index (κ2) is 10.4. The molecule has 0 spiro atoms. The Morgan fingerprint density at radius 2 is 1.94 bits per heavy atom. The van der Waals surface area contributed by atoms with Crippen LogP contribution in [0.1, 0.15) is 29.8 Å². The minimum absolute atomic E-state index is 0.375. The Hall–Kier alpha value is -3.85. The lowest BCUT2D eigenvalue weighted by Gasteiger charge is -2.24. The molecule has 0 aliphatic heterocycles. The fourth-order valence-electron chi connectivity index (χ4n) is 4.22. The highest BCUT2D eigenvalue weighted by atomic mass is 16.5. The Morgan fingerprint density at radius 1 is 1.14 bits per heavy atom. The van der Waals surface area contributed by atoms with E-state index in [9.17, 15) is 0 Å². The van der Waals surface area contributed by atoms with Crippen molar-refractivity contribution in [2.45, 2.75) is 26.7 Å². The molecular weight excluding hydrogens is 452 g/mol. The van der Waals surface area contributed by atoms with Gasteiger partial charge in [0.2, 0.25) is 5.95 Å². The number of benzene rings is 2. The summed E-state index contributed by atoms with van der Waals surface area (Å²) in [5.74, 6) is 1.64. The van der Waals surface area contributed by atoms with Crippen molar-refractivity contribution in [2.24, 2.45) is 0 Å². The quantitative estimate of drug-likeness (QED) is 0.325. The lowest BCUT2D eigenvalue weighted by atomic mass is 10.1. The Bertz CT molecular complexity index is 1470. The van der Waals surface area contributed by atoms with Gasteiger partial charge >= 0.3 is 0 Å². The van der Waals surface area contributed by atoms with Crippen LogP contribution in [0.4, 0.5) is 23.0 Å². The SMILES string of the molecule is [2H]C([2H])([2H])C(C)n1c(C)nc2ccc(-c3ccnc(Nc4cc(N)c(N(C)CCN(C)C)cc4OC)n3)cc21. The van der Waals surface area contributed by atoms with Crippen LogP contribution in [0.2, 0.25) is 0 Å². The first-order chi connectivity index (χ1) is 18.4. The number of nitrogens with zero attached hydrogens (tertiary/aromatic N) is 6. The number of aryl methyl sites for hydroxylation is 1. The molecule has 1 atom stereocenters. The standard InChI is InChI=1S/C27H36N8O/c1-17(2)35-18(3)30-22-9-8-19(14-25(22)35)21-10-11-29-27(31-21)32-23-15-20(28)24(16-26(23)36-7)34(6)13-12-33(4)5/h8-11,14-17H,12-13,28H2,1-7H3,(H,29,31,32)/i1D3. The number of hydrogen-bond acceptors (Lipinski definition) is 8. The summed E-state index contributed by atoms with van der Waals surface area (Å²) in [6, 6.07) is 10.5. The van der Waals surface area contributed by atoms with Crippen LogP contribution >= 0.6 is 0 Å². The lowest BCUT2D eigenvalue weighted by Crippen LogP contribution is -2.29. The first-order valence-electron chi connectivity index (χ1n) is 13.3. The van der Waals surface area contributed by atoms with Crippen molar-refractivity contribution in [1.29, 1.82) is 0 Å². The second-order valence-electron chi connectivity index (χ2n) is 9.14. The zero-order valence-electron chi connectivity index (χ0n) is 24.7. The van der Waals surface area contributed by atoms with Crippen molar-refractivity contribution >= 4 is 34.0 Å². The summed E-state index contributed by atoms with van der Waals surface area (Å²) in [5.41, 5.74) is 11.5. The van der Waals surface area contributed by atoms with E-state index in [4.69, 9.17) is 19.6 Å². The number of nitrogens with two attached hydrogens (primary N) is 1. The van der Waals surface area contributed by atoms with E-state index in [2.05, 4.69) is 25.1 Å². The number of rotatable bonds is 9. The zero-order chi connectivity index (χ0) is 28.5. The Morgan fingerprint density at radius 3 is 2.67 bits per heavy atom. The first-order valence-corrected chi connectivity index (χ1v) is 11.8. The van der Waals surface area contributed by atoms with Gasteiger partial charge in [0, 0.05) is 48.1 Å². The predicted octanol–water partition coefficient (Wildman–Crippen LogP) is 4.71. The number of anilines is 4. The molecule has 2 aromatic carbocycles. The van der Waals surface area contributed by atoms with Crippen molar-refractivity contribution in [1.82, 2.24) is 24.4 Å². The molecule has 36 heavy (non-hydrogen) atoms. The van der Waals surface area contributed by atoms with E-state index >= 15 is 0 Å². The molecule has 0 aliphatic carbocycles. The van der Waals surface area contributed by atoms with Gasteiger partial charge in [-0.05, 0) is 59.1 Å². The highest BCUT2D eigenvalue weighted by molar-refractivity contribution is 5.83. The highest BCUT2D eigenvalue weighted by Gasteiger charge is 2.15. The van der Waals surface area contributed by atoms with Gasteiger partial charge in [-0.2, -0.15) is 0 Å². The number of aromatic nitrogens is 4. The van der Waals surface area contributed by atoms with Gasteiger partial charge in [0.25, 0.3) is 0 Å². The first kappa shape index (κ1) is 21.4. The third-order valence-electron chi connectivity index (χ3n) is 6.09. The summed E-state index contributed by atoms with van der Waals surface area (Å²) in [6.45, 7) is 3.05. The molecule has 0 fully saturated rings. The molecule has 0 bridgehead atoms. The smallest absolute Gasteiger partial charge is 0.227 e. The van der Waals surface area contributed by atoms with Gasteiger partial charge in [-0.3, -0.25) is 0 Å². The third-order valence-corrected chi connectivity index (χ3v) is 6.09. The van der Waals surface area contributed by atoms with Gasteiger partial charge in [0.15, 0.2) is 0 Å². The van der Waals surface area contributed by atoms with E-state index in [0.717, 1.165) is 35.4 Å². The van der Waals surface area contributed by atoms with Crippen LogP contribution in [-0.2, 0) is 0 Å². The topological polar surface area (TPSA) is 97.4 Å². The number of likely N-dealkylation sites (N-methyl/N-ethyl adjacent to an activating group) is 2. The number of methoxy groups -OCH3 is 1. The average Bonchev–Trinajstić information content (AvgIpc) is 3.21. The Balaban J connectivity index is 1.65. The Labute approximate surface area is 217 Å². The van der Waals surface area contributed by atoms with Gasteiger partial charge < -0.3 is 30.2 Å². The molecule has 0 radical (unpaired) electrons. The fraction of sp³-hybridized carbons (Fsp3) is 0.370. The number of hydrogen-bond donors (Lipinski definition) is 2. The number of fused-ring (bicyclic) bond motifs is 1. The zero-order valence-corrected chi connectivity index (χ0v) is 21.7. The van der Waals surface area contributed by atoms with E-state index in [0.29, 0.717) is 34.6 Å². The van der Waals surface area contributed by atoms with Crippen LogP contribution in [0, 0.1) is 6.92 Å². The highest BCUT2D eigenvalue weighted by Crippen LogP contribution is 2.36. The van der Waals surface area contributed by atoms with Gasteiger partial charge in [0.1, 0.15) is 11.6 Å². The molecule has 190 valence electrons. The maximum Gasteiger partial charge on any atom is 0.227 e. The fourth-order valence-corrected chi connectivity index (χ4v) is 4.22. The molecule has 3 N–H and O–H groups in total. The van der Waals surface area contributed by atoms with Crippen LogP contribution in [0.15, 0.2) is 42.6 Å². The molecule has 0 saturated heterocycles. The average molecular weight is 492 g/mol. The van der Waals surface area contributed by atoms with Crippen LogP contribution in [-0.4, -0.2) is 65.8 Å². The molecule has 0 amide bonds. The molecule has 9 heteroatoms. The third kappa shape index (κ3) is 5.21. The van der Waals surface area contributed by atoms with Crippen LogP contribution in [0.5, 0.6) is 5.75 Å². The summed E-state index contributed by atoms with van der Waals surface area (Å²) in [6.07, 6.45) is 1.67. The summed E-state index contributed by atoms with van der Waals surface area (Å²) < 4.78 is 31.1. The van der Waals surface area contributed by atoms with Crippen LogP contribution in [0.3, 0.4) is 0 Å². The molecule has 4 rings (SSSR count). The van der Waals surface area contributed by atoms with Gasteiger partial charge in [-0.25, -0.2) is 15.0 Å². The number of nitrogen functional groups attached to an aromatic ring is 1. The van der Waals surface area contributed by atoms with Crippen molar-refractivity contribution in [3.05, 3.63) is 48.4 Å². The molecule has 0 aliphatic rings. The predicted molar refractivity (Wildman–Crippen MR) is 148 cm³/mol. The monoisotopic (exact) mass is 491 g/mol. The van der Waals surface area contributed by atoms with E-state index in [1.165, 1.54) is 0 Å². The summed E-state index contributed by atoms with van der Waals surface area (Å²) in [7, 11) is 7.67. The molecule has 2 aromatic heterocycles. The maximum atomic E-state index is 7.89. The summed E-state index contributed by atoms with van der Waals surface area (Å²) in [4.78, 5) is 17.9. The number of imidazole rings is 1. The van der Waals surface area contributed by atoms with Crippen molar-refractivity contribution in [3.63, 3.8) is 0 Å². The molecule has 1 unspecified atom stereocenters. The normalized spacial score (nSPS) is 13.8. The second-order valence-corrected chi connectivity index (χ2v) is 9.14. The van der Waals surface area contributed by atoms with Crippen LogP contribution in [0.25, 0.3) is 22.3 Å². The van der Waals surface area contributed by atoms with Crippen LogP contribution < -0.4 is 20.7 Å². The molecular formula is C27H36N8O. The number of nitrogens with one attached hydrogen (secondary N) is 1. The Kier molecular flexibility index (Phi) is 6.20. The minimum atomic E-state index is -2.15. The van der Waals surface area contributed by atoms with Gasteiger partial charge in [0.05, 0.1) is 40.9 Å². The van der Waals surface area contributed by atoms with Crippen molar-refractivity contribution in [3.8, 4) is 17.0 Å². The summed E-state index contributed by atoms with van der Waals surface area (Å²) >= 11 is 0. The van der Waals surface area contributed by atoms with E-state index < -0.39 is 12.9 Å². The summed E-state index contributed by atoms with van der Waals surface area (Å²) in [5, 5.41) is 3.24. The largest absolute Gasteiger partial charge is 0.494 e. The van der Waals surface area contributed by atoms with E-state index in [1.807, 2.05) is 64.5 Å². The molecule has 2 heterocycles. The molecule has 9 nitrogen and oxygen atoms in total. The van der Waals surface area contributed by atoms with Crippen molar-refractivity contribution < 1.29 is 8.85 Å². The molecule has 0 saturated carbocycles. The maximum absolute atomic E-state index is 7.89. The van der Waals surface area contributed by atoms with E-state index in [1.54, 1.807) is 24.8 Å². The number of ether oxygens (including phenoxy) is 1. The van der Waals surface area contributed by atoms with Gasteiger partial charge in [-0.15, -0.1) is 0 Å². The van der Waals surface area contributed by atoms with E-state index in [-0.39, 0.29) is 0 Å². The molecule has 4 aromatic rings. The lowest BCUT2D eigenvalue weighted by molar-refractivity contribution is 0.413. The van der Waals surface area contributed by atoms with Crippen molar-refractivity contribution in [2.75, 3.05) is 57.3 Å². The van der Waals surface area contributed by atoms with Gasteiger partial charge in [-0.1, -0.05) is 6.07 Å². The minimum Gasteiger partial charge on any atom is -0.494 e.